The molecular weight excluding hydrogens is 129 g/mol. The highest BCUT2D eigenvalue weighted by Gasteiger charge is 2.30. The van der Waals surface area contributed by atoms with Crippen LogP contribution in [0.5, 0.6) is 0 Å². The second kappa shape index (κ2) is 2.50. The Bertz CT molecular complexity index is 110. The van der Waals surface area contributed by atoms with E-state index in [1.807, 2.05) is 0 Å². The fourth-order valence-electron chi connectivity index (χ4n) is 2.20. The molecule has 0 saturated carbocycles. The predicted octanol–water partition coefficient (Wildman–Crippen LogP) is 1.63. The summed E-state index contributed by atoms with van der Waals surface area (Å²) >= 11 is 0. The SMILES string of the molecule is FC1C[C@H]2CCC[C@@H](C1)N2. The molecule has 10 heavy (non-hydrogen) atoms. The van der Waals surface area contributed by atoms with Gasteiger partial charge >= 0.3 is 0 Å². The molecule has 2 fully saturated rings. The number of alkyl halides is 1. The van der Waals surface area contributed by atoms with Gasteiger partial charge in [0, 0.05) is 12.1 Å². The van der Waals surface area contributed by atoms with Gasteiger partial charge in [0.15, 0.2) is 0 Å². The Balaban J connectivity index is 1.98. The van der Waals surface area contributed by atoms with Crippen LogP contribution in [-0.2, 0) is 0 Å². The maximum atomic E-state index is 12.9. The normalized spacial score (nSPS) is 47.1. The summed E-state index contributed by atoms with van der Waals surface area (Å²) in [4.78, 5) is 0. The predicted molar refractivity (Wildman–Crippen MR) is 38.7 cm³/mol. The molecule has 1 N–H and O–H groups in total. The Morgan fingerprint density at radius 3 is 2.30 bits per heavy atom. The Hall–Kier alpha value is -0.110. The van der Waals surface area contributed by atoms with Gasteiger partial charge in [0.05, 0.1) is 0 Å². The van der Waals surface area contributed by atoms with Crippen LogP contribution < -0.4 is 5.32 Å². The van der Waals surface area contributed by atoms with E-state index in [9.17, 15) is 4.39 Å². The molecule has 0 aromatic heterocycles. The first-order valence-electron chi connectivity index (χ1n) is 4.25. The molecule has 2 heteroatoms. The van der Waals surface area contributed by atoms with Crippen LogP contribution in [-0.4, -0.2) is 18.3 Å². The number of piperidine rings is 2. The van der Waals surface area contributed by atoms with E-state index in [4.69, 9.17) is 0 Å². The summed E-state index contributed by atoms with van der Waals surface area (Å²) in [6.45, 7) is 0. The number of nitrogens with one attached hydrogen (secondary N) is 1. The van der Waals surface area contributed by atoms with Crippen LogP contribution in [0.1, 0.15) is 32.1 Å². The first-order valence-corrected chi connectivity index (χ1v) is 4.25. The van der Waals surface area contributed by atoms with Crippen molar-refractivity contribution in [2.24, 2.45) is 0 Å². The maximum Gasteiger partial charge on any atom is 0.103 e. The summed E-state index contributed by atoms with van der Waals surface area (Å²) in [5, 5.41) is 3.44. The zero-order valence-corrected chi connectivity index (χ0v) is 6.15. The Morgan fingerprint density at radius 2 is 1.70 bits per heavy atom. The third kappa shape index (κ3) is 1.17. The van der Waals surface area contributed by atoms with Crippen LogP contribution in [0.4, 0.5) is 4.39 Å². The van der Waals surface area contributed by atoms with Crippen molar-refractivity contribution in [1.29, 1.82) is 0 Å². The summed E-state index contributed by atoms with van der Waals surface area (Å²) in [5.41, 5.74) is 0. The Labute approximate surface area is 61.0 Å². The molecule has 0 amide bonds. The smallest absolute Gasteiger partial charge is 0.103 e. The van der Waals surface area contributed by atoms with Gasteiger partial charge in [-0.3, -0.25) is 0 Å². The van der Waals surface area contributed by atoms with Gasteiger partial charge in [-0.2, -0.15) is 0 Å². The lowest BCUT2D eigenvalue weighted by molar-refractivity contribution is 0.146. The van der Waals surface area contributed by atoms with Crippen molar-refractivity contribution in [2.45, 2.75) is 50.4 Å². The molecule has 58 valence electrons. The molecular formula is C8H14FN. The topological polar surface area (TPSA) is 12.0 Å². The molecule has 0 aromatic carbocycles. The minimum absolute atomic E-state index is 0.502. The highest BCUT2D eigenvalue weighted by atomic mass is 19.1. The fourth-order valence-corrected chi connectivity index (χ4v) is 2.20. The highest BCUT2D eigenvalue weighted by Crippen LogP contribution is 2.26. The van der Waals surface area contributed by atoms with Crippen molar-refractivity contribution in [3.63, 3.8) is 0 Å². The first-order chi connectivity index (χ1) is 4.84. The third-order valence-corrected chi connectivity index (χ3v) is 2.66. The number of fused-ring (bicyclic) bond motifs is 2. The molecule has 0 spiro atoms. The zero-order valence-electron chi connectivity index (χ0n) is 6.15. The van der Waals surface area contributed by atoms with Crippen molar-refractivity contribution >= 4 is 0 Å². The molecule has 2 saturated heterocycles. The number of hydrogen-bond donors (Lipinski definition) is 1. The second-order valence-electron chi connectivity index (χ2n) is 3.56. The minimum Gasteiger partial charge on any atom is -0.311 e. The maximum absolute atomic E-state index is 12.9. The summed E-state index contributed by atoms with van der Waals surface area (Å²) in [6.07, 6.45) is 4.69. The van der Waals surface area contributed by atoms with Crippen LogP contribution in [0, 0.1) is 0 Å². The lowest BCUT2D eigenvalue weighted by atomic mass is 9.86. The largest absolute Gasteiger partial charge is 0.311 e. The molecule has 2 heterocycles. The van der Waals surface area contributed by atoms with Crippen molar-refractivity contribution < 1.29 is 4.39 Å². The van der Waals surface area contributed by atoms with Crippen LogP contribution in [0.15, 0.2) is 0 Å². The molecule has 2 aliphatic rings. The van der Waals surface area contributed by atoms with Crippen LogP contribution >= 0.6 is 0 Å². The lowest BCUT2D eigenvalue weighted by Gasteiger charge is -2.37. The second-order valence-corrected chi connectivity index (χ2v) is 3.56. The summed E-state index contributed by atoms with van der Waals surface area (Å²) in [6, 6.07) is 1.00. The quantitative estimate of drug-likeness (QED) is 0.543. The van der Waals surface area contributed by atoms with Crippen LogP contribution in [0.3, 0.4) is 0 Å². The summed E-state index contributed by atoms with van der Waals surface area (Å²) in [5.74, 6) is 0. The van der Waals surface area contributed by atoms with Gasteiger partial charge in [0.2, 0.25) is 0 Å². The molecule has 3 atom stereocenters. The van der Waals surface area contributed by atoms with E-state index in [1.165, 1.54) is 19.3 Å². The number of hydrogen-bond acceptors (Lipinski definition) is 1. The molecule has 2 bridgehead atoms. The molecule has 0 aliphatic carbocycles. The zero-order chi connectivity index (χ0) is 6.97. The average molecular weight is 143 g/mol. The molecule has 0 aromatic rings. The van der Waals surface area contributed by atoms with Gasteiger partial charge in [0.1, 0.15) is 6.17 Å². The van der Waals surface area contributed by atoms with E-state index in [1.54, 1.807) is 0 Å². The minimum atomic E-state index is -0.517. The third-order valence-electron chi connectivity index (χ3n) is 2.66. The van der Waals surface area contributed by atoms with Gasteiger partial charge in [-0.05, 0) is 25.7 Å². The van der Waals surface area contributed by atoms with E-state index in [0.717, 1.165) is 12.8 Å². The Morgan fingerprint density at radius 1 is 1.10 bits per heavy atom. The molecule has 1 nitrogen and oxygen atoms in total. The van der Waals surface area contributed by atoms with Gasteiger partial charge in [-0.15, -0.1) is 0 Å². The van der Waals surface area contributed by atoms with Crippen molar-refractivity contribution in [3.8, 4) is 0 Å². The molecule has 2 rings (SSSR count). The van der Waals surface area contributed by atoms with E-state index in [2.05, 4.69) is 5.32 Å². The van der Waals surface area contributed by atoms with Gasteiger partial charge < -0.3 is 5.32 Å². The molecule has 0 radical (unpaired) electrons. The monoisotopic (exact) mass is 143 g/mol. The molecule has 1 unspecified atom stereocenters. The first kappa shape index (κ1) is 6.59. The van der Waals surface area contributed by atoms with Crippen LogP contribution in [0.25, 0.3) is 0 Å². The molecule has 2 aliphatic heterocycles. The van der Waals surface area contributed by atoms with E-state index in [0.29, 0.717) is 12.1 Å². The number of rotatable bonds is 0. The van der Waals surface area contributed by atoms with Crippen molar-refractivity contribution in [2.75, 3.05) is 0 Å². The van der Waals surface area contributed by atoms with Crippen molar-refractivity contribution in [3.05, 3.63) is 0 Å². The van der Waals surface area contributed by atoms with E-state index >= 15 is 0 Å². The van der Waals surface area contributed by atoms with E-state index in [-0.39, 0.29) is 0 Å². The van der Waals surface area contributed by atoms with Gasteiger partial charge in [-0.25, -0.2) is 4.39 Å². The summed E-state index contributed by atoms with van der Waals surface area (Å²) in [7, 11) is 0. The number of halogens is 1. The lowest BCUT2D eigenvalue weighted by Crippen LogP contribution is -2.49. The average Bonchev–Trinajstić information content (AvgIpc) is 1.85. The van der Waals surface area contributed by atoms with Gasteiger partial charge in [0.25, 0.3) is 0 Å². The van der Waals surface area contributed by atoms with Crippen molar-refractivity contribution in [1.82, 2.24) is 5.32 Å². The fraction of sp³-hybridized carbons (Fsp3) is 1.00. The van der Waals surface area contributed by atoms with Gasteiger partial charge in [-0.1, -0.05) is 6.42 Å². The highest BCUT2D eigenvalue weighted by molar-refractivity contribution is 4.89. The standard InChI is InChI=1S/C8H14FN/c9-6-4-7-2-1-3-8(5-6)10-7/h6-8,10H,1-5H2/t6?,7-,8+. The van der Waals surface area contributed by atoms with Crippen LogP contribution in [0.2, 0.25) is 0 Å². The Kier molecular flexibility index (Phi) is 1.65. The van der Waals surface area contributed by atoms with E-state index < -0.39 is 6.17 Å². The summed E-state index contributed by atoms with van der Waals surface area (Å²) < 4.78 is 12.9.